The van der Waals surface area contributed by atoms with Crippen molar-refractivity contribution in [2.75, 3.05) is 5.33 Å². The second-order valence-electron chi connectivity index (χ2n) is 2.68. The van der Waals surface area contributed by atoms with E-state index in [2.05, 4.69) is 15.9 Å². The Labute approximate surface area is 88.1 Å². The van der Waals surface area contributed by atoms with Crippen LogP contribution in [0.1, 0.15) is 12.0 Å². The van der Waals surface area contributed by atoms with Crippen molar-refractivity contribution < 1.29 is 8.42 Å². The van der Waals surface area contributed by atoms with Gasteiger partial charge in [-0.3, -0.25) is 0 Å². The van der Waals surface area contributed by atoms with Crippen molar-refractivity contribution in [1.82, 2.24) is 0 Å². The van der Waals surface area contributed by atoms with Crippen LogP contribution in [0.3, 0.4) is 0 Å². The van der Waals surface area contributed by atoms with Gasteiger partial charge in [-0.25, -0.2) is 8.42 Å². The Morgan fingerprint density at radius 2 is 1.92 bits per heavy atom. The molecule has 0 atom stereocenters. The zero-order chi connectivity index (χ0) is 9.68. The van der Waals surface area contributed by atoms with Gasteiger partial charge in [-0.05, 0) is 24.5 Å². The van der Waals surface area contributed by atoms with Crippen LogP contribution in [-0.2, 0) is 17.1 Å². The van der Waals surface area contributed by atoms with E-state index in [1.807, 2.05) is 12.1 Å². The monoisotopic (exact) mass is 262 g/mol. The van der Waals surface area contributed by atoms with E-state index in [1.165, 1.54) is 0 Å². The molecule has 2 nitrogen and oxygen atoms in total. The molecule has 72 valence electrons. The molecule has 0 amide bonds. The maximum atomic E-state index is 10.8. The Kier molecular flexibility index (Phi) is 4.45. The fraction of sp³-hybridized carbons (Fsp3) is 0.333. The highest BCUT2D eigenvalue weighted by Crippen LogP contribution is 2.12. The standard InChI is InChI=1S/C9H11BrO2S/c10-7-3-5-8-4-1-2-6-9(8)13(11)12/h1-2,4,6,13H,3,5,7H2. The Balaban J connectivity index is 2.91. The Morgan fingerprint density at radius 1 is 1.23 bits per heavy atom. The molecule has 0 saturated carbocycles. The summed E-state index contributed by atoms with van der Waals surface area (Å²) < 4.78 is 21.6. The summed E-state index contributed by atoms with van der Waals surface area (Å²) in [5.74, 6) is 0. The number of rotatable bonds is 4. The summed E-state index contributed by atoms with van der Waals surface area (Å²) in [6.45, 7) is 0. The molecule has 0 N–H and O–H groups in total. The first-order chi connectivity index (χ1) is 6.25. The van der Waals surface area contributed by atoms with Gasteiger partial charge in [0.25, 0.3) is 0 Å². The van der Waals surface area contributed by atoms with Crippen LogP contribution in [-0.4, -0.2) is 13.7 Å². The van der Waals surface area contributed by atoms with Gasteiger partial charge in [0.05, 0.1) is 4.90 Å². The summed E-state index contributed by atoms with van der Waals surface area (Å²) in [5.41, 5.74) is 0.915. The fourth-order valence-corrected chi connectivity index (χ4v) is 2.07. The normalized spacial score (nSPS) is 10.6. The van der Waals surface area contributed by atoms with Crippen LogP contribution in [0.25, 0.3) is 0 Å². The topological polar surface area (TPSA) is 34.1 Å². The van der Waals surface area contributed by atoms with Gasteiger partial charge in [-0.15, -0.1) is 0 Å². The second kappa shape index (κ2) is 5.40. The summed E-state index contributed by atoms with van der Waals surface area (Å²) in [6, 6.07) is 7.13. The van der Waals surface area contributed by atoms with E-state index >= 15 is 0 Å². The van der Waals surface area contributed by atoms with E-state index in [0.29, 0.717) is 4.90 Å². The van der Waals surface area contributed by atoms with E-state index < -0.39 is 10.7 Å². The smallest absolute Gasteiger partial charge is 0.168 e. The molecule has 13 heavy (non-hydrogen) atoms. The zero-order valence-electron chi connectivity index (χ0n) is 7.07. The average molecular weight is 263 g/mol. The van der Waals surface area contributed by atoms with Crippen molar-refractivity contribution in [3.8, 4) is 0 Å². The van der Waals surface area contributed by atoms with Gasteiger partial charge in [0.1, 0.15) is 0 Å². The van der Waals surface area contributed by atoms with E-state index in [-0.39, 0.29) is 0 Å². The molecule has 0 saturated heterocycles. The molecule has 0 radical (unpaired) electrons. The molecular weight excluding hydrogens is 252 g/mol. The van der Waals surface area contributed by atoms with Gasteiger partial charge in [0.2, 0.25) is 0 Å². The maximum absolute atomic E-state index is 10.8. The predicted molar refractivity (Wildman–Crippen MR) is 57.1 cm³/mol. The van der Waals surface area contributed by atoms with Crippen molar-refractivity contribution in [2.24, 2.45) is 0 Å². The van der Waals surface area contributed by atoms with Gasteiger partial charge >= 0.3 is 0 Å². The van der Waals surface area contributed by atoms with Crippen LogP contribution in [0, 0.1) is 0 Å². The quantitative estimate of drug-likeness (QED) is 0.665. The predicted octanol–water partition coefficient (Wildman–Crippen LogP) is 1.98. The minimum Gasteiger partial charge on any atom is -0.227 e. The molecule has 0 aliphatic carbocycles. The molecule has 1 aromatic rings. The third-order valence-electron chi connectivity index (χ3n) is 1.77. The van der Waals surface area contributed by atoms with E-state index in [9.17, 15) is 8.42 Å². The minimum atomic E-state index is -2.45. The lowest BCUT2D eigenvalue weighted by molar-refractivity contribution is 0.613. The highest BCUT2D eigenvalue weighted by molar-refractivity contribution is 9.09. The second-order valence-corrected chi connectivity index (χ2v) is 4.47. The molecule has 0 unspecified atom stereocenters. The van der Waals surface area contributed by atoms with Crippen LogP contribution >= 0.6 is 15.9 Å². The summed E-state index contributed by atoms with van der Waals surface area (Å²) >= 11 is 3.32. The van der Waals surface area contributed by atoms with Gasteiger partial charge in [-0.1, -0.05) is 34.1 Å². The van der Waals surface area contributed by atoms with E-state index in [1.54, 1.807) is 12.1 Å². The highest BCUT2D eigenvalue weighted by Gasteiger charge is 2.02. The van der Waals surface area contributed by atoms with Crippen molar-refractivity contribution in [3.63, 3.8) is 0 Å². The van der Waals surface area contributed by atoms with Crippen LogP contribution in [0.5, 0.6) is 0 Å². The molecule has 0 heterocycles. The molecule has 0 spiro atoms. The van der Waals surface area contributed by atoms with Gasteiger partial charge in [0.15, 0.2) is 10.7 Å². The summed E-state index contributed by atoms with van der Waals surface area (Å²) in [4.78, 5) is 0.457. The third-order valence-corrected chi connectivity index (χ3v) is 3.16. The van der Waals surface area contributed by atoms with Gasteiger partial charge in [0, 0.05) is 5.33 Å². The minimum absolute atomic E-state index is 0.457. The number of hydrogen-bond donors (Lipinski definition) is 1. The molecule has 0 aliphatic rings. The first-order valence-electron chi connectivity index (χ1n) is 4.04. The maximum Gasteiger partial charge on any atom is 0.168 e. The first-order valence-corrected chi connectivity index (χ1v) is 6.34. The van der Waals surface area contributed by atoms with Crippen LogP contribution in [0.15, 0.2) is 29.2 Å². The summed E-state index contributed by atoms with van der Waals surface area (Å²) in [7, 11) is -2.45. The molecule has 0 bridgehead atoms. The Hall–Kier alpha value is -0.350. The molecular formula is C9H11BrO2S. The third kappa shape index (κ3) is 3.12. The average Bonchev–Trinajstić information content (AvgIpc) is 2.15. The van der Waals surface area contributed by atoms with Crippen LogP contribution < -0.4 is 0 Å². The number of hydrogen-bond acceptors (Lipinski definition) is 2. The van der Waals surface area contributed by atoms with Crippen molar-refractivity contribution in [2.45, 2.75) is 17.7 Å². The zero-order valence-corrected chi connectivity index (χ0v) is 9.55. The highest BCUT2D eigenvalue weighted by atomic mass is 79.9. The first kappa shape index (κ1) is 10.7. The van der Waals surface area contributed by atoms with E-state index in [4.69, 9.17) is 0 Å². The van der Waals surface area contributed by atoms with Gasteiger partial charge in [-0.2, -0.15) is 0 Å². The van der Waals surface area contributed by atoms with Crippen molar-refractivity contribution in [3.05, 3.63) is 29.8 Å². The largest absolute Gasteiger partial charge is 0.227 e. The molecule has 4 heteroatoms. The molecule has 0 aliphatic heterocycles. The number of alkyl halides is 1. The Bertz CT molecular complexity index is 339. The SMILES string of the molecule is O=[SH](=O)c1ccccc1CCCBr. The molecule has 1 aromatic carbocycles. The van der Waals surface area contributed by atoms with Crippen LogP contribution in [0.4, 0.5) is 0 Å². The number of halogens is 1. The molecule has 0 fully saturated rings. The lowest BCUT2D eigenvalue weighted by Crippen LogP contribution is -1.92. The lowest BCUT2D eigenvalue weighted by atomic mass is 10.1. The van der Waals surface area contributed by atoms with Crippen LogP contribution in [0.2, 0.25) is 0 Å². The summed E-state index contributed by atoms with van der Waals surface area (Å²) in [6.07, 6.45) is 1.77. The molecule has 0 aromatic heterocycles. The Morgan fingerprint density at radius 3 is 2.54 bits per heavy atom. The van der Waals surface area contributed by atoms with Crippen molar-refractivity contribution in [1.29, 1.82) is 0 Å². The number of aryl methyl sites for hydroxylation is 1. The van der Waals surface area contributed by atoms with Crippen molar-refractivity contribution >= 4 is 26.6 Å². The summed E-state index contributed by atoms with van der Waals surface area (Å²) in [5, 5.41) is 0.900. The fourth-order valence-electron chi connectivity index (χ4n) is 1.16. The lowest BCUT2D eigenvalue weighted by Gasteiger charge is -2.01. The van der Waals surface area contributed by atoms with Gasteiger partial charge < -0.3 is 0 Å². The number of thiol groups is 1. The number of benzene rings is 1. The molecule has 1 rings (SSSR count). The van der Waals surface area contributed by atoms with E-state index in [0.717, 1.165) is 23.7 Å².